The van der Waals surface area contributed by atoms with Gasteiger partial charge < -0.3 is 14.2 Å². The van der Waals surface area contributed by atoms with E-state index in [2.05, 4.69) is 30.0 Å². The van der Waals surface area contributed by atoms with Gasteiger partial charge in [-0.2, -0.15) is 0 Å². The van der Waals surface area contributed by atoms with E-state index in [1.54, 1.807) is 7.11 Å². The van der Waals surface area contributed by atoms with Gasteiger partial charge in [0.25, 0.3) is 0 Å². The van der Waals surface area contributed by atoms with Crippen molar-refractivity contribution < 1.29 is 19.0 Å². The maximum absolute atomic E-state index is 12.5. The molecular weight excluding hydrogens is 366 g/mol. The van der Waals surface area contributed by atoms with Gasteiger partial charge in [-0.3, -0.25) is 9.69 Å². The van der Waals surface area contributed by atoms with Crippen molar-refractivity contribution in [1.29, 1.82) is 0 Å². The molecule has 0 radical (unpaired) electrons. The summed E-state index contributed by atoms with van der Waals surface area (Å²) in [6.07, 6.45) is 4.75. The minimum atomic E-state index is 0.0755. The Labute approximate surface area is 174 Å². The van der Waals surface area contributed by atoms with Gasteiger partial charge in [-0.25, -0.2) is 0 Å². The molecule has 2 bridgehead atoms. The SMILES string of the molecule is COCCOCCOCCN1CC[C@]23CC(=O)CC[C@H]2[C@H]1Cc1ccc(C)cc13. The molecule has 2 aliphatic carbocycles. The van der Waals surface area contributed by atoms with Crippen LogP contribution in [0.15, 0.2) is 18.2 Å². The van der Waals surface area contributed by atoms with Gasteiger partial charge in [-0.05, 0) is 49.8 Å². The van der Waals surface area contributed by atoms with Crippen molar-refractivity contribution in [2.24, 2.45) is 5.92 Å². The number of carbonyl (C=O) groups is 1. The predicted octanol–water partition coefficient (Wildman–Crippen LogP) is 2.91. The number of likely N-dealkylation sites (tertiary alicyclic amines) is 1. The van der Waals surface area contributed by atoms with Crippen molar-refractivity contribution in [2.45, 2.75) is 50.5 Å². The van der Waals surface area contributed by atoms with E-state index in [4.69, 9.17) is 14.2 Å². The molecule has 3 aliphatic rings. The largest absolute Gasteiger partial charge is 0.382 e. The first-order valence-corrected chi connectivity index (χ1v) is 11.1. The standard InChI is InChI=1S/C24H35NO4/c1-18-3-4-19-16-23-21-6-5-20(26)17-24(21,22(19)15-18)7-8-25(23)9-10-28-13-14-29-12-11-27-2/h3-4,15,21,23H,5-14,16-17H2,1-2H3/t21-,23+,24-/m0/s1. The summed E-state index contributed by atoms with van der Waals surface area (Å²) >= 11 is 0. The van der Waals surface area contributed by atoms with E-state index < -0.39 is 0 Å². The number of ketones is 1. The van der Waals surface area contributed by atoms with Crippen LogP contribution in [-0.4, -0.2) is 70.0 Å². The highest BCUT2D eigenvalue weighted by molar-refractivity contribution is 5.81. The Bertz CT molecular complexity index is 721. The third-order valence-electron chi connectivity index (χ3n) is 7.29. The monoisotopic (exact) mass is 401 g/mol. The van der Waals surface area contributed by atoms with E-state index >= 15 is 0 Å². The Morgan fingerprint density at radius 3 is 2.76 bits per heavy atom. The Balaban J connectivity index is 1.40. The number of hydrogen-bond acceptors (Lipinski definition) is 5. The summed E-state index contributed by atoms with van der Waals surface area (Å²) < 4.78 is 16.3. The number of ether oxygens (including phenoxy) is 3. The Hall–Kier alpha value is -1.27. The summed E-state index contributed by atoms with van der Waals surface area (Å²) in [5, 5.41) is 0. The molecule has 0 N–H and O–H groups in total. The molecule has 1 heterocycles. The van der Waals surface area contributed by atoms with E-state index in [-0.39, 0.29) is 5.41 Å². The lowest BCUT2D eigenvalue weighted by molar-refractivity contribution is -0.127. The number of fused-ring (bicyclic) bond motifs is 1. The van der Waals surface area contributed by atoms with Crippen molar-refractivity contribution in [3.05, 3.63) is 34.9 Å². The Morgan fingerprint density at radius 1 is 1.14 bits per heavy atom. The number of carbonyl (C=O) groups excluding carboxylic acids is 1. The van der Waals surface area contributed by atoms with Crippen LogP contribution in [0.5, 0.6) is 0 Å². The van der Waals surface area contributed by atoms with E-state index in [0.29, 0.717) is 44.2 Å². The number of Topliss-reactive ketones (excluding diaryl/α,β-unsaturated/α-hetero) is 1. The first-order valence-electron chi connectivity index (χ1n) is 11.1. The quantitative estimate of drug-likeness (QED) is 0.596. The number of methoxy groups -OCH3 is 1. The van der Waals surface area contributed by atoms with Gasteiger partial charge in [0.15, 0.2) is 0 Å². The molecule has 2 fully saturated rings. The van der Waals surface area contributed by atoms with Crippen molar-refractivity contribution in [2.75, 3.05) is 53.2 Å². The van der Waals surface area contributed by atoms with Gasteiger partial charge in [0.05, 0.1) is 33.0 Å². The van der Waals surface area contributed by atoms with Crippen molar-refractivity contribution >= 4 is 5.78 Å². The third kappa shape index (κ3) is 4.29. The molecule has 0 spiro atoms. The van der Waals surface area contributed by atoms with Crippen molar-refractivity contribution in [3.63, 3.8) is 0 Å². The van der Waals surface area contributed by atoms with Gasteiger partial charge in [0.1, 0.15) is 5.78 Å². The number of hydrogen-bond donors (Lipinski definition) is 0. The summed E-state index contributed by atoms with van der Waals surface area (Å²) in [4.78, 5) is 15.1. The van der Waals surface area contributed by atoms with Crippen LogP contribution in [0.2, 0.25) is 0 Å². The van der Waals surface area contributed by atoms with E-state index in [0.717, 1.165) is 51.8 Å². The molecule has 1 aliphatic heterocycles. The van der Waals surface area contributed by atoms with E-state index in [9.17, 15) is 4.79 Å². The molecule has 0 aromatic heterocycles. The predicted molar refractivity (Wildman–Crippen MR) is 112 cm³/mol. The summed E-state index contributed by atoms with van der Waals surface area (Å²) in [7, 11) is 1.68. The summed E-state index contributed by atoms with van der Waals surface area (Å²) in [5.74, 6) is 1.06. The highest BCUT2D eigenvalue weighted by atomic mass is 16.5. The molecule has 1 aromatic rings. The van der Waals surface area contributed by atoms with Gasteiger partial charge >= 0.3 is 0 Å². The second-order valence-electron chi connectivity index (χ2n) is 8.95. The van der Waals surface area contributed by atoms with Gasteiger partial charge in [-0.15, -0.1) is 0 Å². The maximum Gasteiger partial charge on any atom is 0.133 e. The molecule has 160 valence electrons. The van der Waals surface area contributed by atoms with Crippen LogP contribution in [0.25, 0.3) is 0 Å². The fourth-order valence-electron chi connectivity index (χ4n) is 5.94. The normalized spacial score (nSPS) is 28.8. The highest BCUT2D eigenvalue weighted by Gasteiger charge is 2.55. The van der Waals surface area contributed by atoms with Crippen molar-refractivity contribution in [3.8, 4) is 0 Å². The Kier molecular flexibility index (Phi) is 6.69. The summed E-state index contributed by atoms with van der Waals surface area (Å²) in [6, 6.07) is 7.45. The molecule has 5 heteroatoms. The van der Waals surface area contributed by atoms with E-state index in [1.165, 1.54) is 16.7 Å². The number of benzene rings is 1. The number of piperidine rings is 1. The summed E-state index contributed by atoms with van der Waals surface area (Å²) in [6.45, 7) is 7.44. The van der Waals surface area contributed by atoms with Crippen LogP contribution in [0.1, 0.15) is 42.4 Å². The van der Waals surface area contributed by atoms with Gasteiger partial charge in [-0.1, -0.05) is 23.8 Å². The number of aryl methyl sites for hydroxylation is 1. The zero-order chi connectivity index (χ0) is 20.3. The second kappa shape index (κ2) is 9.25. The topological polar surface area (TPSA) is 48.0 Å². The van der Waals surface area contributed by atoms with E-state index in [1.807, 2.05) is 0 Å². The molecule has 3 atom stereocenters. The average Bonchev–Trinajstić information content (AvgIpc) is 2.71. The molecule has 5 nitrogen and oxygen atoms in total. The van der Waals surface area contributed by atoms with Crippen LogP contribution in [0.3, 0.4) is 0 Å². The highest BCUT2D eigenvalue weighted by Crippen LogP contribution is 2.55. The average molecular weight is 402 g/mol. The minimum Gasteiger partial charge on any atom is -0.382 e. The third-order valence-corrected chi connectivity index (χ3v) is 7.29. The molecule has 1 saturated heterocycles. The number of nitrogens with zero attached hydrogens (tertiary/aromatic N) is 1. The molecule has 1 aromatic carbocycles. The van der Waals surface area contributed by atoms with Gasteiger partial charge in [0, 0.05) is 38.0 Å². The molecule has 0 amide bonds. The van der Waals surface area contributed by atoms with Crippen LogP contribution in [0, 0.1) is 12.8 Å². The lowest BCUT2D eigenvalue weighted by atomic mass is 9.52. The lowest BCUT2D eigenvalue weighted by Crippen LogP contribution is -2.62. The first kappa shape index (κ1) is 21.0. The zero-order valence-electron chi connectivity index (χ0n) is 18.0. The maximum atomic E-state index is 12.5. The molecule has 0 unspecified atom stereocenters. The Morgan fingerprint density at radius 2 is 1.93 bits per heavy atom. The van der Waals surface area contributed by atoms with Crippen LogP contribution in [-0.2, 0) is 30.8 Å². The summed E-state index contributed by atoms with van der Waals surface area (Å²) in [5.41, 5.74) is 4.34. The molecule has 4 rings (SSSR count). The smallest absolute Gasteiger partial charge is 0.133 e. The molecule has 29 heavy (non-hydrogen) atoms. The fourth-order valence-corrected chi connectivity index (χ4v) is 5.94. The van der Waals surface area contributed by atoms with Crippen LogP contribution >= 0.6 is 0 Å². The minimum absolute atomic E-state index is 0.0755. The van der Waals surface area contributed by atoms with Gasteiger partial charge in [0.2, 0.25) is 0 Å². The second-order valence-corrected chi connectivity index (χ2v) is 8.95. The fraction of sp³-hybridized carbons (Fsp3) is 0.708. The van der Waals surface area contributed by atoms with Crippen molar-refractivity contribution in [1.82, 2.24) is 4.90 Å². The molecule has 1 saturated carbocycles. The van der Waals surface area contributed by atoms with Crippen LogP contribution in [0.4, 0.5) is 0 Å². The first-order chi connectivity index (χ1) is 14.1. The lowest BCUT2D eigenvalue weighted by Gasteiger charge is -2.58. The molecular formula is C24H35NO4. The zero-order valence-corrected chi connectivity index (χ0v) is 18.0. The van der Waals surface area contributed by atoms with Crippen LogP contribution < -0.4 is 0 Å². The number of rotatable bonds is 9.